The van der Waals surface area contributed by atoms with Crippen molar-refractivity contribution in [3.05, 3.63) is 11.9 Å². The van der Waals surface area contributed by atoms with Gasteiger partial charge >= 0.3 is 0 Å². The Morgan fingerprint density at radius 1 is 1.56 bits per heavy atom. The van der Waals surface area contributed by atoms with E-state index in [1.165, 1.54) is 0 Å². The number of hydrogen-bond acceptors (Lipinski definition) is 2. The summed E-state index contributed by atoms with van der Waals surface area (Å²) in [7, 11) is 0. The zero-order valence-corrected chi connectivity index (χ0v) is 6.55. The molecule has 3 N–H and O–H groups in total. The van der Waals surface area contributed by atoms with Gasteiger partial charge in [0, 0.05) is 0 Å². The lowest BCUT2D eigenvalue weighted by Crippen LogP contribution is -1.82. The van der Waals surface area contributed by atoms with Crippen LogP contribution < -0.4 is 5.73 Å². The Bertz CT molecular complexity index is 146. The highest BCUT2D eigenvalue weighted by Gasteiger charge is 1.88. The van der Waals surface area contributed by atoms with Crippen molar-refractivity contribution in [2.75, 3.05) is 5.73 Å². The molecule has 0 atom stereocenters. The number of rotatable bonds is 0. The minimum absolute atomic E-state index is 0. The molecule has 1 aromatic heterocycles. The van der Waals surface area contributed by atoms with Crippen LogP contribution in [0.4, 0.5) is 5.69 Å². The number of nitrogens with two attached hydrogens (primary N) is 1. The lowest BCUT2D eigenvalue weighted by atomic mass is 10.4. The molecule has 0 spiro atoms. The third kappa shape index (κ3) is 2.58. The monoisotopic (exact) mass is 169 g/mol. The Labute approximate surface area is 65.8 Å². The van der Waals surface area contributed by atoms with E-state index in [0.29, 0.717) is 0 Å². The molecule has 0 unspecified atom stereocenters. The molecule has 54 valence electrons. The van der Waals surface area contributed by atoms with Gasteiger partial charge in [-0.05, 0) is 6.92 Å². The number of nitrogen functional groups attached to an aromatic ring is 1. The molecule has 0 fully saturated rings. The van der Waals surface area contributed by atoms with E-state index < -0.39 is 0 Å². The molecule has 0 aliphatic heterocycles. The second-order valence-corrected chi connectivity index (χ2v) is 1.45. The highest BCUT2D eigenvalue weighted by molar-refractivity contribution is 5.85. The second-order valence-electron chi connectivity index (χ2n) is 1.45. The molecular formula is C4H9Cl2N3. The van der Waals surface area contributed by atoms with E-state index in [-0.39, 0.29) is 24.8 Å². The summed E-state index contributed by atoms with van der Waals surface area (Å²) in [5, 5.41) is 6.36. The van der Waals surface area contributed by atoms with Crippen LogP contribution in [0.25, 0.3) is 0 Å². The van der Waals surface area contributed by atoms with Crippen molar-refractivity contribution in [1.82, 2.24) is 10.2 Å². The lowest BCUT2D eigenvalue weighted by molar-refractivity contribution is 1.05. The average molecular weight is 170 g/mol. The minimum atomic E-state index is 0. The van der Waals surface area contributed by atoms with Crippen molar-refractivity contribution in [2.45, 2.75) is 6.92 Å². The third-order valence-corrected chi connectivity index (χ3v) is 0.869. The highest BCUT2D eigenvalue weighted by Crippen LogP contribution is 2.00. The van der Waals surface area contributed by atoms with Crippen molar-refractivity contribution in [3.8, 4) is 0 Å². The maximum Gasteiger partial charge on any atom is 0.0727 e. The molecule has 0 saturated heterocycles. The molecule has 0 radical (unpaired) electrons. The Kier molecular flexibility index (Phi) is 5.66. The average Bonchev–Trinajstić information content (AvgIpc) is 1.91. The van der Waals surface area contributed by atoms with Crippen LogP contribution in [0.2, 0.25) is 0 Å². The molecule has 0 bridgehead atoms. The van der Waals surface area contributed by atoms with Crippen molar-refractivity contribution in [3.63, 3.8) is 0 Å². The SMILES string of the molecule is Cc1[nH]ncc1N.Cl.Cl. The van der Waals surface area contributed by atoms with Crippen LogP contribution in [0.5, 0.6) is 0 Å². The molecule has 3 nitrogen and oxygen atoms in total. The van der Waals surface area contributed by atoms with Gasteiger partial charge in [-0.3, -0.25) is 5.10 Å². The van der Waals surface area contributed by atoms with Crippen LogP contribution >= 0.6 is 24.8 Å². The molecule has 0 aliphatic carbocycles. The van der Waals surface area contributed by atoms with Crippen LogP contribution in [-0.2, 0) is 0 Å². The number of nitrogens with one attached hydrogen (secondary N) is 1. The zero-order valence-electron chi connectivity index (χ0n) is 4.92. The van der Waals surface area contributed by atoms with Gasteiger partial charge in [0.05, 0.1) is 17.6 Å². The predicted octanol–water partition coefficient (Wildman–Crippen LogP) is 1.14. The summed E-state index contributed by atoms with van der Waals surface area (Å²) in [6, 6.07) is 0. The largest absolute Gasteiger partial charge is 0.396 e. The van der Waals surface area contributed by atoms with Gasteiger partial charge in [-0.2, -0.15) is 5.10 Å². The van der Waals surface area contributed by atoms with Crippen molar-refractivity contribution >= 4 is 30.5 Å². The molecule has 1 rings (SSSR count). The van der Waals surface area contributed by atoms with Gasteiger partial charge in [-0.15, -0.1) is 24.8 Å². The fraction of sp³-hybridized carbons (Fsp3) is 0.250. The van der Waals surface area contributed by atoms with E-state index in [4.69, 9.17) is 5.73 Å². The van der Waals surface area contributed by atoms with Gasteiger partial charge in [0.25, 0.3) is 0 Å². The van der Waals surface area contributed by atoms with E-state index in [0.717, 1.165) is 11.4 Å². The smallest absolute Gasteiger partial charge is 0.0727 e. The van der Waals surface area contributed by atoms with Crippen molar-refractivity contribution in [1.29, 1.82) is 0 Å². The molecule has 0 saturated carbocycles. The second kappa shape index (κ2) is 4.47. The van der Waals surface area contributed by atoms with Gasteiger partial charge in [0.15, 0.2) is 0 Å². The Morgan fingerprint density at radius 3 is 2.22 bits per heavy atom. The number of aromatic nitrogens is 2. The van der Waals surface area contributed by atoms with Crippen LogP contribution in [0, 0.1) is 6.92 Å². The van der Waals surface area contributed by atoms with Gasteiger partial charge in [0.1, 0.15) is 0 Å². The fourth-order valence-electron chi connectivity index (χ4n) is 0.360. The zero-order chi connectivity index (χ0) is 5.28. The van der Waals surface area contributed by atoms with Crippen molar-refractivity contribution < 1.29 is 0 Å². The van der Waals surface area contributed by atoms with Gasteiger partial charge in [0.2, 0.25) is 0 Å². The number of anilines is 1. The van der Waals surface area contributed by atoms with Gasteiger partial charge in [-0.25, -0.2) is 0 Å². The molecule has 0 aliphatic rings. The first-order valence-corrected chi connectivity index (χ1v) is 2.06. The summed E-state index contributed by atoms with van der Waals surface area (Å²) in [4.78, 5) is 0. The number of aryl methyl sites for hydroxylation is 1. The lowest BCUT2D eigenvalue weighted by Gasteiger charge is -1.79. The summed E-state index contributed by atoms with van der Waals surface area (Å²) < 4.78 is 0. The maximum atomic E-state index is 5.35. The Balaban J connectivity index is 0. The number of nitrogens with zero attached hydrogens (tertiary/aromatic N) is 1. The maximum absolute atomic E-state index is 5.35. The number of H-pyrrole nitrogens is 1. The molecule has 0 amide bonds. The quantitative estimate of drug-likeness (QED) is 0.613. The van der Waals surface area contributed by atoms with E-state index in [2.05, 4.69) is 10.2 Å². The third-order valence-electron chi connectivity index (χ3n) is 0.869. The van der Waals surface area contributed by atoms with E-state index in [9.17, 15) is 0 Å². The number of aromatic amines is 1. The Morgan fingerprint density at radius 2 is 2.11 bits per heavy atom. The van der Waals surface area contributed by atoms with E-state index in [1.807, 2.05) is 6.92 Å². The van der Waals surface area contributed by atoms with Crippen LogP contribution in [0.15, 0.2) is 6.20 Å². The summed E-state index contributed by atoms with van der Waals surface area (Å²) >= 11 is 0. The minimum Gasteiger partial charge on any atom is -0.396 e. The summed E-state index contributed by atoms with van der Waals surface area (Å²) in [6.45, 7) is 1.88. The van der Waals surface area contributed by atoms with Crippen LogP contribution in [-0.4, -0.2) is 10.2 Å². The normalized spacial score (nSPS) is 7.22. The fourth-order valence-corrected chi connectivity index (χ4v) is 0.360. The summed E-state index contributed by atoms with van der Waals surface area (Å²) in [5.74, 6) is 0. The summed E-state index contributed by atoms with van der Waals surface area (Å²) in [6.07, 6.45) is 1.59. The van der Waals surface area contributed by atoms with Crippen LogP contribution in [0.3, 0.4) is 0 Å². The predicted molar refractivity (Wildman–Crippen MR) is 42.2 cm³/mol. The molecular weight excluding hydrogens is 161 g/mol. The first-order chi connectivity index (χ1) is 3.30. The number of hydrogen-bond donors (Lipinski definition) is 2. The molecule has 1 aromatic rings. The van der Waals surface area contributed by atoms with Gasteiger partial charge < -0.3 is 5.73 Å². The molecule has 5 heteroatoms. The first kappa shape index (κ1) is 11.4. The number of halogens is 2. The van der Waals surface area contributed by atoms with Crippen LogP contribution in [0.1, 0.15) is 5.69 Å². The molecule has 0 aromatic carbocycles. The van der Waals surface area contributed by atoms with Crippen molar-refractivity contribution in [2.24, 2.45) is 0 Å². The standard InChI is InChI=1S/C4H7N3.2ClH/c1-3-4(5)2-6-7-3;;/h2H,5H2,1H3,(H,6,7);2*1H. The first-order valence-electron chi connectivity index (χ1n) is 2.06. The van der Waals surface area contributed by atoms with Gasteiger partial charge in [-0.1, -0.05) is 0 Å². The van der Waals surface area contributed by atoms with E-state index >= 15 is 0 Å². The highest BCUT2D eigenvalue weighted by atomic mass is 35.5. The molecule has 9 heavy (non-hydrogen) atoms. The molecule has 1 heterocycles. The van der Waals surface area contributed by atoms with E-state index in [1.54, 1.807) is 6.20 Å². The summed E-state index contributed by atoms with van der Waals surface area (Å²) in [5.41, 5.74) is 7.00. The topological polar surface area (TPSA) is 54.7 Å². The Hall–Kier alpha value is -0.410.